The van der Waals surface area contributed by atoms with Crippen LogP contribution in [0.3, 0.4) is 0 Å². The zero-order valence-corrected chi connectivity index (χ0v) is 12.0. The van der Waals surface area contributed by atoms with Gasteiger partial charge in [-0.05, 0) is 38.4 Å². The summed E-state index contributed by atoms with van der Waals surface area (Å²) in [6.07, 6.45) is 1.02. The van der Waals surface area contributed by atoms with Gasteiger partial charge in [0.2, 0.25) is 0 Å². The Morgan fingerprint density at radius 1 is 1.28 bits per heavy atom. The molecular formula is C15H25FN2. The summed E-state index contributed by atoms with van der Waals surface area (Å²) < 4.78 is 14.1. The summed E-state index contributed by atoms with van der Waals surface area (Å²) in [5.41, 5.74) is 1.80. The topological polar surface area (TPSA) is 15.3 Å². The van der Waals surface area contributed by atoms with Crippen LogP contribution >= 0.6 is 0 Å². The minimum atomic E-state index is -0.118. The van der Waals surface area contributed by atoms with E-state index in [4.69, 9.17) is 0 Å². The van der Waals surface area contributed by atoms with Crippen molar-refractivity contribution in [2.75, 3.05) is 18.0 Å². The van der Waals surface area contributed by atoms with Crippen LogP contribution in [0.15, 0.2) is 18.2 Å². The van der Waals surface area contributed by atoms with Crippen molar-refractivity contribution in [2.24, 2.45) is 0 Å². The molecule has 0 fully saturated rings. The highest BCUT2D eigenvalue weighted by Crippen LogP contribution is 2.27. The molecule has 0 radical (unpaired) electrons. The lowest BCUT2D eigenvalue weighted by Gasteiger charge is -2.31. The Bertz CT molecular complexity index is 366. The summed E-state index contributed by atoms with van der Waals surface area (Å²) in [7, 11) is 0. The third-order valence-corrected chi connectivity index (χ3v) is 3.39. The van der Waals surface area contributed by atoms with Gasteiger partial charge in [-0.2, -0.15) is 0 Å². The third-order valence-electron chi connectivity index (χ3n) is 3.39. The fraction of sp³-hybridized carbons (Fsp3) is 0.600. The van der Waals surface area contributed by atoms with Crippen molar-refractivity contribution in [2.45, 2.75) is 46.7 Å². The monoisotopic (exact) mass is 252 g/mol. The van der Waals surface area contributed by atoms with Crippen LogP contribution < -0.4 is 10.2 Å². The van der Waals surface area contributed by atoms with E-state index in [9.17, 15) is 4.39 Å². The third kappa shape index (κ3) is 3.45. The highest BCUT2D eigenvalue weighted by Gasteiger charge is 2.18. The van der Waals surface area contributed by atoms with Gasteiger partial charge in [0, 0.05) is 19.1 Å². The maximum absolute atomic E-state index is 14.1. The molecule has 0 saturated carbocycles. The van der Waals surface area contributed by atoms with Crippen molar-refractivity contribution in [1.82, 2.24) is 5.32 Å². The Morgan fingerprint density at radius 2 is 2.00 bits per heavy atom. The maximum Gasteiger partial charge on any atom is 0.146 e. The second-order valence-electron chi connectivity index (χ2n) is 4.57. The van der Waals surface area contributed by atoms with Crippen LogP contribution in [0, 0.1) is 5.82 Å². The number of benzene rings is 1. The fourth-order valence-electron chi connectivity index (χ4n) is 2.19. The first-order valence-corrected chi connectivity index (χ1v) is 6.90. The number of hydrogen-bond acceptors (Lipinski definition) is 2. The van der Waals surface area contributed by atoms with Gasteiger partial charge in [0.15, 0.2) is 0 Å². The molecule has 0 aliphatic carbocycles. The molecule has 0 aromatic heterocycles. The SMILES string of the molecule is CCNCc1cccc(F)c1N(CC)C(C)CC. The zero-order chi connectivity index (χ0) is 13.5. The minimum Gasteiger partial charge on any atom is -0.366 e. The normalized spacial score (nSPS) is 12.5. The van der Waals surface area contributed by atoms with Gasteiger partial charge in [0.05, 0.1) is 5.69 Å². The lowest BCUT2D eigenvalue weighted by Crippen LogP contribution is -2.34. The first kappa shape index (κ1) is 15.0. The Hall–Kier alpha value is -1.09. The van der Waals surface area contributed by atoms with Crippen molar-refractivity contribution in [3.8, 4) is 0 Å². The van der Waals surface area contributed by atoms with E-state index in [1.165, 1.54) is 0 Å². The number of anilines is 1. The lowest BCUT2D eigenvalue weighted by molar-refractivity contribution is 0.577. The molecule has 1 aromatic rings. The second kappa shape index (κ2) is 7.37. The quantitative estimate of drug-likeness (QED) is 0.798. The molecular weight excluding hydrogens is 227 g/mol. The van der Waals surface area contributed by atoms with Crippen LogP contribution in [0.2, 0.25) is 0 Å². The summed E-state index contributed by atoms with van der Waals surface area (Å²) in [6, 6.07) is 5.70. The van der Waals surface area contributed by atoms with E-state index in [1.54, 1.807) is 12.1 Å². The van der Waals surface area contributed by atoms with Gasteiger partial charge in [0.25, 0.3) is 0 Å². The molecule has 0 saturated heterocycles. The van der Waals surface area contributed by atoms with Crippen molar-refractivity contribution < 1.29 is 4.39 Å². The Labute approximate surface area is 110 Å². The molecule has 3 heteroatoms. The van der Waals surface area contributed by atoms with Gasteiger partial charge < -0.3 is 10.2 Å². The fourth-order valence-corrected chi connectivity index (χ4v) is 2.19. The Kier molecular flexibility index (Phi) is 6.13. The lowest BCUT2D eigenvalue weighted by atomic mass is 10.1. The van der Waals surface area contributed by atoms with E-state index < -0.39 is 0 Å². The highest BCUT2D eigenvalue weighted by atomic mass is 19.1. The van der Waals surface area contributed by atoms with Gasteiger partial charge in [-0.25, -0.2) is 4.39 Å². The molecule has 2 nitrogen and oxygen atoms in total. The van der Waals surface area contributed by atoms with E-state index in [0.29, 0.717) is 6.04 Å². The smallest absolute Gasteiger partial charge is 0.146 e. The molecule has 1 atom stereocenters. The largest absolute Gasteiger partial charge is 0.366 e. The van der Waals surface area contributed by atoms with E-state index in [1.807, 2.05) is 6.07 Å². The molecule has 1 aromatic carbocycles. The maximum atomic E-state index is 14.1. The van der Waals surface area contributed by atoms with Crippen LogP contribution in [0.1, 0.15) is 39.7 Å². The molecule has 0 aliphatic heterocycles. The number of para-hydroxylation sites is 1. The summed E-state index contributed by atoms with van der Waals surface area (Å²) in [6.45, 7) is 10.9. The van der Waals surface area contributed by atoms with Crippen LogP contribution in [0.4, 0.5) is 10.1 Å². The molecule has 0 heterocycles. The first-order chi connectivity index (χ1) is 8.65. The van der Waals surface area contributed by atoms with Gasteiger partial charge in [-0.1, -0.05) is 26.0 Å². The molecule has 0 amide bonds. The summed E-state index contributed by atoms with van der Waals surface area (Å²) in [4.78, 5) is 2.15. The molecule has 18 heavy (non-hydrogen) atoms. The van der Waals surface area contributed by atoms with Gasteiger partial charge in [-0.15, -0.1) is 0 Å². The van der Waals surface area contributed by atoms with Gasteiger partial charge >= 0.3 is 0 Å². The van der Waals surface area contributed by atoms with Crippen molar-refractivity contribution in [1.29, 1.82) is 0 Å². The zero-order valence-electron chi connectivity index (χ0n) is 12.0. The van der Waals surface area contributed by atoms with Gasteiger partial charge in [0.1, 0.15) is 5.82 Å². The predicted octanol–water partition coefficient (Wildman–Crippen LogP) is 3.56. The first-order valence-electron chi connectivity index (χ1n) is 6.90. The summed E-state index contributed by atoms with van der Waals surface area (Å²) in [5, 5.41) is 3.27. The van der Waals surface area contributed by atoms with E-state index in [-0.39, 0.29) is 5.82 Å². The Balaban J connectivity index is 3.09. The number of nitrogens with one attached hydrogen (secondary N) is 1. The van der Waals surface area contributed by atoms with E-state index >= 15 is 0 Å². The number of rotatable bonds is 7. The molecule has 1 rings (SSSR count). The molecule has 102 valence electrons. The Morgan fingerprint density at radius 3 is 2.56 bits per heavy atom. The van der Waals surface area contributed by atoms with Crippen molar-refractivity contribution in [3.05, 3.63) is 29.6 Å². The average Bonchev–Trinajstić information content (AvgIpc) is 2.39. The number of nitrogens with zero attached hydrogens (tertiary/aromatic N) is 1. The molecule has 1 unspecified atom stereocenters. The van der Waals surface area contributed by atoms with Crippen molar-refractivity contribution in [3.63, 3.8) is 0 Å². The van der Waals surface area contributed by atoms with E-state index in [2.05, 4.69) is 37.9 Å². The molecule has 0 bridgehead atoms. The minimum absolute atomic E-state index is 0.118. The van der Waals surface area contributed by atoms with E-state index in [0.717, 1.165) is 37.3 Å². The molecule has 0 spiro atoms. The summed E-state index contributed by atoms with van der Waals surface area (Å²) >= 11 is 0. The second-order valence-corrected chi connectivity index (χ2v) is 4.57. The number of halogens is 1. The predicted molar refractivity (Wildman–Crippen MR) is 76.6 cm³/mol. The number of hydrogen-bond donors (Lipinski definition) is 1. The molecule has 0 aliphatic rings. The van der Waals surface area contributed by atoms with Crippen LogP contribution in [-0.2, 0) is 6.54 Å². The average molecular weight is 252 g/mol. The molecule has 1 N–H and O–H groups in total. The van der Waals surface area contributed by atoms with Crippen LogP contribution in [0.25, 0.3) is 0 Å². The van der Waals surface area contributed by atoms with Crippen molar-refractivity contribution >= 4 is 5.69 Å². The van der Waals surface area contributed by atoms with Gasteiger partial charge in [-0.3, -0.25) is 0 Å². The standard InChI is InChI=1S/C15H25FN2/c1-5-12(4)18(7-3)15-13(11-17-6-2)9-8-10-14(15)16/h8-10,12,17H,5-7,11H2,1-4H3. The highest BCUT2D eigenvalue weighted by molar-refractivity contribution is 5.55. The summed E-state index contributed by atoms with van der Waals surface area (Å²) in [5.74, 6) is -0.118. The van der Waals surface area contributed by atoms with Crippen LogP contribution in [0.5, 0.6) is 0 Å². The van der Waals surface area contributed by atoms with Crippen LogP contribution in [-0.4, -0.2) is 19.1 Å².